The average molecular weight is 533 g/mol. The summed E-state index contributed by atoms with van der Waals surface area (Å²) in [5.74, 6) is -3.16. The standard InChI is InChI=1S/C29H30F2N6O2/c1-6-22(38)36-13-28(14-36)15-37(16-29(28,30)31)26-19(10-32)24(20-12-39-27(3,4)9-21(20)34-26)23-17(2)7-8-18-11-33-35(5)25(18)23/h6-8,11H,1,9,12-16H2,2-5H3. The lowest BCUT2D eigenvalue weighted by Gasteiger charge is -2.49. The van der Waals surface area contributed by atoms with E-state index in [2.05, 4.69) is 17.7 Å². The monoisotopic (exact) mass is 532 g/mol. The number of rotatable bonds is 3. The van der Waals surface area contributed by atoms with Crippen LogP contribution in [0.5, 0.6) is 0 Å². The summed E-state index contributed by atoms with van der Waals surface area (Å²) in [5, 5.41) is 15.9. The molecule has 202 valence electrons. The number of aryl methyl sites for hydroxylation is 2. The molecule has 0 unspecified atom stereocenters. The number of alkyl halides is 2. The van der Waals surface area contributed by atoms with Gasteiger partial charge in [0.05, 0.1) is 41.6 Å². The first-order valence-electron chi connectivity index (χ1n) is 13.0. The molecule has 0 saturated carbocycles. The van der Waals surface area contributed by atoms with E-state index in [1.165, 1.54) is 4.90 Å². The van der Waals surface area contributed by atoms with Gasteiger partial charge < -0.3 is 14.5 Å². The number of halogens is 2. The van der Waals surface area contributed by atoms with Gasteiger partial charge >= 0.3 is 0 Å². The second kappa shape index (κ2) is 8.33. The van der Waals surface area contributed by atoms with Crippen molar-refractivity contribution in [2.45, 2.75) is 45.3 Å². The van der Waals surface area contributed by atoms with Crippen LogP contribution in [0.4, 0.5) is 14.6 Å². The summed E-state index contributed by atoms with van der Waals surface area (Å²) in [6, 6.07) is 6.30. The maximum atomic E-state index is 15.6. The van der Waals surface area contributed by atoms with Crippen molar-refractivity contribution in [3.8, 4) is 17.2 Å². The molecule has 0 aliphatic carbocycles. The zero-order valence-electron chi connectivity index (χ0n) is 22.5. The number of nitriles is 1. The Morgan fingerprint density at radius 3 is 2.64 bits per heavy atom. The lowest BCUT2D eigenvalue weighted by atomic mass is 9.76. The molecule has 0 atom stereocenters. The molecule has 2 aromatic heterocycles. The van der Waals surface area contributed by atoms with Crippen LogP contribution in [-0.2, 0) is 29.6 Å². The van der Waals surface area contributed by atoms with E-state index in [-0.39, 0.29) is 43.5 Å². The topological polar surface area (TPSA) is 87.3 Å². The van der Waals surface area contributed by atoms with Gasteiger partial charge in [-0.05, 0) is 32.4 Å². The van der Waals surface area contributed by atoms with E-state index in [1.54, 1.807) is 15.8 Å². The van der Waals surface area contributed by atoms with Gasteiger partial charge in [-0.25, -0.2) is 13.8 Å². The summed E-state index contributed by atoms with van der Waals surface area (Å²) in [7, 11) is 1.85. The number of carbonyl (C=O) groups excluding carboxylic acids is 1. The molecule has 39 heavy (non-hydrogen) atoms. The Morgan fingerprint density at radius 2 is 1.95 bits per heavy atom. The maximum Gasteiger partial charge on any atom is 0.275 e. The van der Waals surface area contributed by atoms with Gasteiger partial charge in [0.1, 0.15) is 17.5 Å². The minimum Gasteiger partial charge on any atom is -0.370 e. The molecular formula is C29H30F2N6O2. The van der Waals surface area contributed by atoms with Gasteiger partial charge in [0.25, 0.3) is 5.92 Å². The van der Waals surface area contributed by atoms with Crippen LogP contribution in [0, 0.1) is 23.7 Å². The van der Waals surface area contributed by atoms with Crippen molar-refractivity contribution >= 4 is 22.6 Å². The van der Waals surface area contributed by atoms with E-state index in [9.17, 15) is 10.1 Å². The van der Waals surface area contributed by atoms with Gasteiger partial charge in [0, 0.05) is 55.2 Å². The highest BCUT2D eigenvalue weighted by atomic mass is 19.3. The van der Waals surface area contributed by atoms with Crippen LogP contribution < -0.4 is 4.90 Å². The molecule has 10 heteroatoms. The minimum atomic E-state index is -3.06. The number of ether oxygens (including phenoxy) is 1. The molecule has 3 aromatic rings. The highest BCUT2D eigenvalue weighted by Gasteiger charge is 2.66. The van der Waals surface area contributed by atoms with Gasteiger partial charge in [-0.3, -0.25) is 9.48 Å². The smallest absolute Gasteiger partial charge is 0.275 e. The number of amides is 1. The molecule has 0 N–H and O–H groups in total. The van der Waals surface area contributed by atoms with E-state index in [0.717, 1.165) is 39.4 Å². The van der Waals surface area contributed by atoms with Crippen LogP contribution in [0.3, 0.4) is 0 Å². The van der Waals surface area contributed by atoms with Crippen molar-refractivity contribution in [2.75, 3.05) is 31.1 Å². The number of fused-ring (bicyclic) bond motifs is 2. The summed E-state index contributed by atoms with van der Waals surface area (Å²) in [5.41, 5.74) is 3.21. The summed E-state index contributed by atoms with van der Waals surface area (Å²) in [6.45, 7) is 8.95. The van der Waals surface area contributed by atoms with Crippen LogP contribution in [-0.4, -0.2) is 63.3 Å². The molecule has 1 amide bonds. The highest BCUT2D eigenvalue weighted by molar-refractivity contribution is 5.99. The molecule has 0 bridgehead atoms. The number of nitrogens with zero attached hydrogens (tertiary/aromatic N) is 6. The van der Waals surface area contributed by atoms with E-state index in [1.807, 2.05) is 40.0 Å². The first kappa shape index (κ1) is 25.4. The van der Waals surface area contributed by atoms with Crippen molar-refractivity contribution in [1.82, 2.24) is 19.7 Å². The SMILES string of the molecule is C=CC(=O)N1CC2(C1)CN(c1nc3c(c(-c4c(C)ccc5cnn(C)c45)c1C#N)COC(C)(C)C3)CC2(F)F. The van der Waals surface area contributed by atoms with Crippen LogP contribution in [0.1, 0.15) is 36.2 Å². The molecule has 5 heterocycles. The zero-order valence-corrected chi connectivity index (χ0v) is 22.5. The summed E-state index contributed by atoms with van der Waals surface area (Å²) >= 11 is 0. The fourth-order valence-corrected chi connectivity index (χ4v) is 6.37. The number of aromatic nitrogens is 3. The number of pyridine rings is 1. The highest BCUT2D eigenvalue weighted by Crippen LogP contribution is 2.52. The predicted octanol–water partition coefficient (Wildman–Crippen LogP) is 4.14. The predicted molar refractivity (Wildman–Crippen MR) is 142 cm³/mol. The van der Waals surface area contributed by atoms with Crippen molar-refractivity contribution in [3.63, 3.8) is 0 Å². The molecule has 0 radical (unpaired) electrons. The third-order valence-electron chi connectivity index (χ3n) is 8.47. The van der Waals surface area contributed by atoms with E-state index in [4.69, 9.17) is 9.72 Å². The largest absolute Gasteiger partial charge is 0.370 e. The molecular weight excluding hydrogens is 502 g/mol. The average Bonchev–Trinajstić information content (AvgIpc) is 3.37. The Morgan fingerprint density at radius 1 is 1.21 bits per heavy atom. The Labute approximate surface area is 225 Å². The summed E-state index contributed by atoms with van der Waals surface area (Å²) < 4.78 is 39.1. The quantitative estimate of drug-likeness (QED) is 0.472. The van der Waals surface area contributed by atoms with Crippen LogP contribution >= 0.6 is 0 Å². The third kappa shape index (κ3) is 3.67. The Bertz CT molecular complexity index is 1600. The second-order valence-corrected chi connectivity index (χ2v) is 11.7. The Balaban J connectivity index is 1.55. The van der Waals surface area contributed by atoms with Crippen molar-refractivity contribution in [3.05, 3.63) is 53.4 Å². The van der Waals surface area contributed by atoms with Gasteiger partial charge in [-0.15, -0.1) is 0 Å². The number of likely N-dealkylation sites (tertiary alicyclic amines) is 1. The van der Waals surface area contributed by atoms with E-state index < -0.39 is 23.5 Å². The third-order valence-corrected chi connectivity index (χ3v) is 8.47. The molecule has 1 spiro atoms. The minimum absolute atomic E-state index is 0.00435. The van der Waals surface area contributed by atoms with E-state index >= 15 is 8.78 Å². The zero-order chi connectivity index (χ0) is 27.9. The first-order chi connectivity index (χ1) is 18.4. The van der Waals surface area contributed by atoms with Crippen molar-refractivity contribution in [1.29, 1.82) is 5.26 Å². The lowest BCUT2D eigenvalue weighted by Crippen LogP contribution is -2.65. The fraction of sp³-hybridized carbons (Fsp3) is 0.448. The number of hydrogen-bond donors (Lipinski definition) is 0. The Hall–Kier alpha value is -3.84. The first-order valence-corrected chi connectivity index (χ1v) is 13.0. The number of benzene rings is 1. The van der Waals surface area contributed by atoms with Gasteiger partial charge in [0.2, 0.25) is 5.91 Å². The van der Waals surface area contributed by atoms with Crippen molar-refractivity contribution in [2.24, 2.45) is 12.5 Å². The molecule has 1 aromatic carbocycles. The van der Waals surface area contributed by atoms with E-state index in [0.29, 0.717) is 12.0 Å². The van der Waals surface area contributed by atoms with Crippen LogP contribution in [0.15, 0.2) is 31.0 Å². The van der Waals surface area contributed by atoms with Gasteiger partial charge in [-0.2, -0.15) is 10.4 Å². The number of carbonyl (C=O) groups is 1. The number of anilines is 1. The number of hydrogen-bond acceptors (Lipinski definition) is 6. The van der Waals surface area contributed by atoms with Gasteiger partial charge in [-0.1, -0.05) is 18.7 Å². The lowest BCUT2D eigenvalue weighted by molar-refractivity contribution is -0.169. The van der Waals surface area contributed by atoms with Gasteiger partial charge in [0.15, 0.2) is 0 Å². The van der Waals surface area contributed by atoms with Crippen LogP contribution in [0.25, 0.3) is 22.0 Å². The molecule has 2 fully saturated rings. The molecule has 2 saturated heterocycles. The molecule has 8 nitrogen and oxygen atoms in total. The second-order valence-electron chi connectivity index (χ2n) is 11.7. The maximum absolute atomic E-state index is 15.6. The molecule has 3 aliphatic heterocycles. The normalized spacial score (nSPS) is 20.5. The van der Waals surface area contributed by atoms with Crippen LogP contribution in [0.2, 0.25) is 0 Å². The Kier molecular flexibility index (Phi) is 5.43. The summed E-state index contributed by atoms with van der Waals surface area (Å²) in [6.07, 6.45) is 3.40. The summed E-state index contributed by atoms with van der Waals surface area (Å²) in [4.78, 5) is 19.9. The fourth-order valence-electron chi connectivity index (χ4n) is 6.37. The molecule has 6 rings (SSSR count). The van der Waals surface area contributed by atoms with Crippen molar-refractivity contribution < 1.29 is 18.3 Å². The molecule has 3 aliphatic rings.